The SMILES string of the molecule is C=CC(=O)ONC(=O)C(C)C. The lowest BCUT2D eigenvalue weighted by Gasteiger charge is -2.04. The maximum Gasteiger partial charge on any atom is 0.355 e. The van der Waals surface area contributed by atoms with Gasteiger partial charge in [-0.15, -0.1) is 0 Å². The molecule has 0 saturated heterocycles. The van der Waals surface area contributed by atoms with Gasteiger partial charge in [0.1, 0.15) is 0 Å². The second kappa shape index (κ2) is 4.49. The Hall–Kier alpha value is -1.32. The summed E-state index contributed by atoms with van der Waals surface area (Å²) in [7, 11) is 0. The Morgan fingerprint density at radius 1 is 1.55 bits per heavy atom. The Morgan fingerprint density at radius 3 is 2.45 bits per heavy atom. The molecule has 0 aliphatic carbocycles. The molecule has 0 spiro atoms. The smallest absolute Gasteiger partial charge is 0.336 e. The molecule has 4 heteroatoms. The zero-order valence-corrected chi connectivity index (χ0v) is 6.59. The molecule has 0 fully saturated rings. The zero-order valence-electron chi connectivity index (χ0n) is 6.59. The number of rotatable bonds is 2. The van der Waals surface area contributed by atoms with Crippen molar-refractivity contribution in [3.8, 4) is 0 Å². The molecule has 0 aliphatic heterocycles. The second-order valence-electron chi connectivity index (χ2n) is 2.25. The van der Waals surface area contributed by atoms with Crippen LogP contribution in [0.1, 0.15) is 13.8 Å². The van der Waals surface area contributed by atoms with Crippen LogP contribution in [0.5, 0.6) is 0 Å². The summed E-state index contributed by atoms with van der Waals surface area (Å²) in [5.41, 5.74) is 1.97. The molecule has 11 heavy (non-hydrogen) atoms. The summed E-state index contributed by atoms with van der Waals surface area (Å²) in [6.45, 7) is 6.54. The van der Waals surface area contributed by atoms with E-state index in [0.717, 1.165) is 6.08 Å². The van der Waals surface area contributed by atoms with Gasteiger partial charge < -0.3 is 4.84 Å². The highest BCUT2D eigenvalue weighted by molar-refractivity contribution is 5.84. The third-order valence-corrected chi connectivity index (χ3v) is 0.943. The van der Waals surface area contributed by atoms with Crippen molar-refractivity contribution in [1.29, 1.82) is 0 Å². The first kappa shape index (κ1) is 9.68. The van der Waals surface area contributed by atoms with E-state index in [4.69, 9.17) is 0 Å². The molecular formula is C7H11NO3. The van der Waals surface area contributed by atoms with E-state index < -0.39 is 5.97 Å². The van der Waals surface area contributed by atoms with Crippen LogP contribution in [-0.4, -0.2) is 11.9 Å². The number of hydrogen-bond acceptors (Lipinski definition) is 3. The molecule has 1 N–H and O–H groups in total. The van der Waals surface area contributed by atoms with Gasteiger partial charge in [-0.1, -0.05) is 20.4 Å². The first-order chi connectivity index (χ1) is 5.07. The number of nitrogens with one attached hydrogen (secondary N) is 1. The lowest BCUT2D eigenvalue weighted by atomic mass is 10.2. The normalized spacial score (nSPS) is 9.00. The van der Waals surface area contributed by atoms with Crippen LogP contribution in [0, 0.1) is 5.92 Å². The fourth-order valence-electron chi connectivity index (χ4n) is 0.260. The number of carbonyl (C=O) groups is 2. The minimum atomic E-state index is -0.668. The Bertz CT molecular complexity index is 175. The van der Waals surface area contributed by atoms with Gasteiger partial charge in [0.15, 0.2) is 0 Å². The first-order valence-corrected chi connectivity index (χ1v) is 3.21. The van der Waals surface area contributed by atoms with Crippen LogP contribution in [0.4, 0.5) is 0 Å². The predicted molar refractivity (Wildman–Crippen MR) is 39.3 cm³/mol. The third kappa shape index (κ3) is 4.13. The van der Waals surface area contributed by atoms with Crippen molar-refractivity contribution in [2.24, 2.45) is 5.92 Å². The molecule has 0 rings (SSSR count). The van der Waals surface area contributed by atoms with Crippen molar-refractivity contribution in [3.05, 3.63) is 12.7 Å². The monoisotopic (exact) mass is 157 g/mol. The van der Waals surface area contributed by atoms with Crippen molar-refractivity contribution in [1.82, 2.24) is 5.48 Å². The zero-order chi connectivity index (χ0) is 8.85. The molecule has 1 amide bonds. The van der Waals surface area contributed by atoms with Gasteiger partial charge >= 0.3 is 5.97 Å². The lowest BCUT2D eigenvalue weighted by molar-refractivity contribution is -0.154. The van der Waals surface area contributed by atoms with Gasteiger partial charge in [0.2, 0.25) is 0 Å². The quantitative estimate of drug-likeness (QED) is 0.466. The molecule has 0 aromatic heterocycles. The second-order valence-corrected chi connectivity index (χ2v) is 2.25. The summed E-state index contributed by atoms with van der Waals surface area (Å²) in [6.07, 6.45) is 0.973. The van der Waals surface area contributed by atoms with Crippen molar-refractivity contribution in [3.63, 3.8) is 0 Å². The molecule has 4 nitrogen and oxygen atoms in total. The number of amides is 1. The highest BCUT2D eigenvalue weighted by Gasteiger charge is 2.07. The molecule has 0 aromatic rings. The Balaban J connectivity index is 3.62. The van der Waals surface area contributed by atoms with Crippen molar-refractivity contribution >= 4 is 11.9 Å². The van der Waals surface area contributed by atoms with E-state index in [9.17, 15) is 9.59 Å². The van der Waals surface area contributed by atoms with Crippen LogP contribution < -0.4 is 5.48 Å². The molecule has 0 bridgehead atoms. The Kier molecular flexibility index (Phi) is 3.95. The van der Waals surface area contributed by atoms with E-state index in [1.54, 1.807) is 13.8 Å². The van der Waals surface area contributed by atoms with Crippen molar-refractivity contribution in [2.45, 2.75) is 13.8 Å². The van der Waals surface area contributed by atoms with Crippen LogP contribution in [0.25, 0.3) is 0 Å². The minimum Gasteiger partial charge on any atom is -0.336 e. The van der Waals surface area contributed by atoms with Gasteiger partial charge in [-0.05, 0) is 0 Å². The van der Waals surface area contributed by atoms with Crippen molar-refractivity contribution < 1.29 is 14.4 Å². The van der Waals surface area contributed by atoms with E-state index >= 15 is 0 Å². The highest BCUT2D eigenvalue weighted by atomic mass is 16.7. The minimum absolute atomic E-state index is 0.201. The molecule has 0 unspecified atom stereocenters. The van der Waals surface area contributed by atoms with E-state index in [1.165, 1.54) is 0 Å². The largest absolute Gasteiger partial charge is 0.355 e. The third-order valence-electron chi connectivity index (χ3n) is 0.943. The lowest BCUT2D eigenvalue weighted by Crippen LogP contribution is -2.29. The standard InChI is InChI=1S/C7H11NO3/c1-4-6(9)11-8-7(10)5(2)3/h4-5H,1H2,2-3H3,(H,8,10). The van der Waals surface area contributed by atoms with E-state index in [2.05, 4.69) is 11.4 Å². The van der Waals surface area contributed by atoms with Gasteiger partial charge in [0.05, 0.1) is 0 Å². The summed E-state index contributed by atoms with van der Waals surface area (Å²) in [5, 5.41) is 0. The number of hydroxylamine groups is 1. The molecule has 0 atom stereocenters. The molecule has 0 aromatic carbocycles. The predicted octanol–water partition coefficient (Wildman–Crippen LogP) is 0.403. The van der Waals surface area contributed by atoms with Crippen LogP contribution in [-0.2, 0) is 14.4 Å². The summed E-state index contributed by atoms with van der Waals surface area (Å²) in [4.78, 5) is 25.4. The fourth-order valence-corrected chi connectivity index (χ4v) is 0.260. The van der Waals surface area contributed by atoms with E-state index in [-0.39, 0.29) is 11.8 Å². The van der Waals surface area contributed by atoms with Gasteiger partial charge in [0.25, 0.3) is 5.91 Å². The molecule has 0 saturated carbocycles. The van der Waals surface area contributed by atoms with E-state index in [1.807, 2.05) is 5.48 Å². The van der Waals surface area contributed by atoms with Gasteiger partial charge in [-0.25, -0.2) is 4.79 Å². The van der Waals surface area contributed by atoms with Gasteiger partial charge in [0, 0.05) is 12.0 Å². The summed E-state index contributed by atoms with van der Waals surface area (Å²) in [6, 6.07) is 0. The number of carbonyl (C=O) groups excluding carboxylic acids is 2. The average molecular weight is 157 g/mol. The highest BCUT2D eigenvalue weighted by Crippen LogP contribution is 1.89. The van der Waals surface area contributed by atoms with E-state index in [0.29, 0.717) is 0 Å². The van der Waals surface area contributed by atoms with Gasteiger partial charge in [-0.3, -0.25) is 4.79 Å². The summed E-state index contributed by atoms with van der Waals surface area (Å²) < 4.78 is 0. The Labute approximate surface area is 65.2 Å². The van der Waals surface area contributed by atoms with Crippen LogP contribution in [0.3, 0.4) is 0 Å². The van der Waals surface area contributed by atoms with Gasteiger partial charge in [-0.2, -0.15) is 5.48 Å². The summed E-state index contributed by atoms with van der Waals surface area (Å²) >= 11 is 0. The maximum atomic E-state index is 10.7. The molecular weight excluding hydrogens is 146 g/mol. The van der Waals surface area contributed by atoms with Crippen molar-refractivity contribution in [2.75, 3.05) is 0 Å². The molecule has 62 valence electrons. The van der Waals surface area contributed by atoms with Crippen LogP contribution in [0.15, 0.2) is 12.7 Å². The Morgan fingerprint density at radius 2 is 2.09 bits per heavy atom. The fraction of sp³-hybridized carbons (Fsp3) is 0.429. The topological polar surface area (TPSA) is 55.4 Å². The maximum absolute atomic E-state index is 10.7. The summed E-state index contributed by atoms with van der Waals surface area (Å²) in [5.74, 6) is -1.20. The number of hydrogen-bond donors (Lipinski definition) is 1. The molecule has 0 aliphatic rings. The van der Waals surface area contributed by atoms with Crippen LogP contribution >= 0.6 is 0 Å². The molecule has 0 radical (unpaired) electrons. The first-order valence-electron chi connectivity index (χ1n) is 3.21. The van der Waals surface area contributed by atoms with Crippen LogP contribution in [0.2, 0.25) is 0 Å². The molecule has 0 heterocycles. The average Bonchev–Trinajstić information content (AvgIpc) is 1.99.